The minimum absolute atomic E-state index is 0.229. The second-order valence-electron chi connectivity index (χ2n) is 24.7. The standard InChI is InChI=1S/C63H118N2O21/c1-4-6-8-10-12-14-16-18-20-21-22-23-25-27-29-31-33-35-37-50(73)65-44(45(70)36-34-32-30-28-26-24-19-17-15-13-11-9-7-5-2)42-81-60-55(77)54(76)57(49(41-68)83-60)84-61-56(78)59(53(75)48(40-67)82-61)86-63(62(79)80)38-46(71)51(64-43(3)69)58(85-63)52(74)47(72)39-66/h44-49,51-61,66-68,70-72,74-78H,4-42H2,1-3H3,(H,64,69)(H,65,73)(H,79,80). The molecule has 14 N–H and O–H groups in total. The number of ether oxygens (including phenoxy) is 6. The Labute approximate surface area is 512 Å². The van der Waals surface area contributed by atoms with Crippen molar-refractivity contribution >= 4 is 17.8 Å². The van der Waals surface area contributed by atoms with Gasteiger partial charge in [-0.1, -0.05) is 213 Å². The van der Waals surface area contributed by atoms with Crippen LogP contribution in [0.5, 0.6) is 0 Å². The number of aliphatic hydroxyl groups excluding tert-OH is 11. The van der Waals surface area contributed by atoms with Gasteiger partial charge in [0.15, 0.2) is 12.6 Å². The van der Waals surface area contributed by atoms with Gasteiger partial charge in [0.2, 0.25) is 11.8 Å². The third-order valence-corrected chi connectivity index (χ3v) is 17.3. The van der Waals surface area contributed by atoms with Gasteiger partial charge in [-0.25, -0.2) is 4.79 Å². The lowest BCUT2D eigenvalue weighted by atomic mass is 9.88. The maximum absolute atomic E-state index is 13.4. The largest absolute Gasteiger partial charge is 0.477 e. The van der Waals surface area contributed by atoms with Gasteiger partial charge >= 0.3 is 5.97 Å². The van der Waals surface area contributed by atoms with Crippen molar-refractivity contribution in [2.24, 2.45) is 0 Å². The number of amides is 2. The van der Waals surface area contributed by atoms with Gasteiger partial charge in [0.1, 0.15) is 67.1 Å². The van der Waals surface area contributed by atoms with Crippen LogP contribution in [-0.2, 0) is 42.8 Å². The summed E-state index contributed by atoms with van der Waals surface area (Å²) >= 11 is 0. The number of aliphatic carboxylic acids is 1. The zero-order chi connectivity index (χ0) is 63.3. The molecule has 506 valence electrons. The van der Waals surface area contributed by atoms with Crippen molar-refractivity contribution in [1.29, 1.82) is 0 Å². The number of carbonyl (C=O) groups is 3. The quantitative estimate of drug-likeness (QED) is 0.0358. The fraction of sp³-hybridized carbons (Fsp3) is 0.952. The number of rotatable bonds is 50. The summed E-state index contributed by atoms with van der Waals surface area (Å²) in [5.74, 6) is -6.09. The Balaban J connectivity index is 1.61. The number of unbranched alkanes of at least 4 members (excludes halogenated alkanes) is 30. The van der Waals surface area contributed by atoms with Crippen molar-refractivity contribution in [1.82, 2.24) is 10.6 Å². The molecule has 3 saturated heterocycles. The summed E-state index contributed by atoms with van der Waals surface area (Å²) in [6.07, 6.45) is 9.67. The van der Waals surface area contributed by atoms with Gasteiger partial charge in [0.25, 0.3) is 5.79 Å². The summed E-state index contributed by atoms with van der Waals surface area (Å²) in [7, 11) is 0. The van der Waals surface area contributed by atoms with E-state index in [9.17, 15) is 75.7 Å². The minimum atomic E-state index is -3.08. The summed E-state index contributed by atoms with van der Waals surface area (Å²) in [6, 6.07) is -2.52. The van der Waals surface area contributed by atoms with Crippen LogP contribution in [0.3, 0.4) is 0 Å². The fourth-order valence-electron chi connectivity index (χ4n) is 11.9. The topological polar surface area (TPSA) is 373 Å². The molecule has 0 spiro atoms. The molecule has 18 unspecified atom stereocenters. The summed E-state index contributed by atoms with van der Waals surface area (Å²) in [6.45, 7) is 2.21. The Kier molecular flexibility index (Phi) is 40.9. The normalized spacial score (nSPS) is 29.3. The van der Waals surface area contributed by atoms with Crippen LogP contribution in [0.15, 0.2) is 0 Å². The number of nitrogens with one attached hydrogen (secondary N) is 2. The first-order valence-corrected chi connectivity index (χ1v) is 33.4. The van der Waals surface area contributed by atoms with Crippen LogP contribution in [0, 0.1) is 0 Å². The number of aliphatic hydroxyl groups is 11. The van der Waals surface area contributed by atoms with Gasteiger partial charge in [-0.05, 0) is 12.8 Å². The number of hydrogen-bond donors (Lipinski definition) is 14. The van der Waals surface area contributed by atoms with E-state index >= 15 is 0 Å². The second-order valence-corrected chi connectivity index (χ2v) is 24.7. The summed E-state index contributed by atoms with van der Waals surface area (Å²) in [5, 5.41) is 136. The lowest BCUT2D eigenvalue weighted by Gasteiger charge is -2.50. The molecule has 2 amide bonds. The van der Waals surface area contributed by atoms with Crippen LogP contribution in [0.2, 0.25) is 0 Å². The molecule has 3 heterocycles. The number of carboxylic acid groups (broad SMARTS) is 1. The van der Waals surface area contributed by atoms with Crippen molar-refractivity contribution in [3.63, 3.8) is 0 Å². The lowest BCUT2D eigenvalue weighted by molar-refractivity contribution is -0.386. The summed E-state index contributed by atoms with van der Waals surface area (Å²) < 4.78 is 34.8. The average Bonchev–Trinajstić information content (AvgIpc) is 1.49. The van der Waals surface area contributed by atoms with E-state index in [2.05, 4.69) is 24.5 Å². The highest BCUT2D eigenvalue weighted by Gasteiger charge is 2.60. The van der Waals surface area contributed by atoms with Gasteiger partial charge in [-0.3, -0.25) is 9.59 Å². The van der Waals surface area contributed by atoms with E-state index in [1.807, 2.05) is 0 Å². The molecule has 0 aromatic heterocycles. The van der Waals surface area contributed by atoms with Crippen LogP contribution >= 0.6 is 0 Å². The maximum Gasteiger partial charge on any atom is 0.364 e. The highest BCUT2D eigenvalue weighted by molar-refractivity contribution is 5.77. The molecule has 23 heteroatoms. The predicted octanol–water partition coefficient (Wildman–Crippen LogP) is 4.95. The van der Waals surface area contributed by atoms with Gasteiger partial charge in [0, 0.05) is 19.8 Å². The van der Waals surface area contributed by atoms with Crippen molar-refractivity contribution in [3.8, 4) is 0 Å². The number of carboxylic acids is 1. The lowest BCUT2D eigenvalue weighted by Crippen LogP contribution is -2.70. The molecule has 0 aliphatic carbocycles. The molecule has 0 aromatic rings. The molecule has 0 bridgehead atoms. The van der Waals surface area contributed by atoms with E-state index in [-0.39, 0.29) is 18.9 Å². The molecule has 3 aliphatic rings. The Bertz CT molecular complexity index is 1760. The molecule has 23 nitrogen and oxygen atoms in total. The molecular formula is C63H118N2O21. The van der Waals surface area contributed by atoms with Crippen molar-refractivity contribution in [3.05, 3.63) is 0 Å². The predicted molar refractivity (Wildman–Crippen MR) is 320 cm³/mol. The zero-order valence-electron chi connectivity index (χ0n) is 52.4. The molecule has 3 aliphatic heterocycles. The van der Waals surface area contributed by atoms with Crippen molar-refractivity contribution in [2.45, 2.75) is 355 Å². The smallest absolute Gasteiger partial charge is 0.364 e. The first kappa shape index (κ1) is 78.0. The molecule has 0 aromatic carbocycles. The Hall–Kier alpha value is -2.27. The molecular weight excluding hydrogens is 1120 g/mol. The molecule has 86 heavy (non-hydrogen) atoms. The number of carbonyl (C=O) groups excluding carboxylic acids is 2. The molecule has 0 saturated carbocycles. The van der Waals surface area contributed by atoms with Crippen LogP contribution in [0.1, 0.15) is 245 Å². The first-order valence-electron chi connectivity index (χ1n) is 33.4. The SMILES string of the molecule is CCCCCCCCCCCCCCCCCCCCC(=O)NC(COC1OC(CO)C(OC2OC(CO)C(O)C(OC3(C(=O)O)CC(O)C(NC(C)=O)C(C(O)C(O)CO)O3)C2O)C(O)C1O)C(O)CCCCCCCCCCCCCCCC. The average molecular weight is 1240 g/mol. The zero-order valence-corrected chi connectivity index (χ0v) is 52.4. The van der Waals surface area contributed by atoms with Crippen molar-refractivity contribution in [2.75, 3.05) is 26.4 Å². The van der Waals surface area contributed by atoms with Crippen LogP contribution in [-0.4, -0.2) is 215 Å². The van der Waals surface area contributed by atoms with Crippen LogP contribution in [0.4, 0.5) is 0 Å². The fourth-order valence-corrected chi connectivity index (χ4v) is 11.9. The first-order chi connectivity index (χ1) is 41.4. The monoisotopic (exact) mass is 1240 g/mol. The van der Waals surface area contributed by atoms with E-state index in [0.717, 1.165) is 51.9 Å². The van der Waals surface area contributed by atoms with Crippen LogP contribution < -0.4 is 10.6 Å². The van der Waals surface area contributed by atoms with E-state index in [0.29, 0.717) is 19.3 Å². The van der Waals surface area contributed by atoms with Gasteiger partial charge < -0.3 is 100 Å². The Morgan fingerprint density at radius 3 is 1.45 bits per heavy atom. The highest BCUT2D eigenvalue weighted by Crippen LogP contribution is 2.39. The Morgan fingerprint density at radius 2 is 1.01 bits per heavy atom. The summed E-state index contributed by atoms with van der Waals surface area (Å²) in [5.41, 5.74) is 0. The van der Waals surface area contributed by atoms with E-state index in [1.165, 1.54) is 148 Å². The third-order valence-electron chi connectivity index (χ3n) is 17.3. The highest BCUT2D eigenvalue weighted by atomic mass is 16.8. The summed E-state index contributed by atoms with van der Waals surface area (Å²) in [4.78, 5) is 38.5. The molecule has 3 fully saturated rings. The van der Waals surface area contributed by atoms with Gasteiger partial charge in [-0.15, -0.1) is 0 Å². The van der Waals surface area contributed by atoms with E-state index in [4.69, 9.17) is 28.4 Å². The van der Waals surface area contributed by atoms with Crippen molar-refractivity contribution < 1.29 is 104 Å². The van der Waals surface area contributed by atoms with E-state index in [1.54, 1.807) is 0 Å². The Morgan fingerprint density at radius 1 is 0.558 bits per heavy atom. The molecule has 18 atom stereocenters. The molecule has 0 radical (unpaired) electrons. The minimum Gasteiger partial charge on any atom is -0.477 e. The van der Waals surface area contributed by atoms with Gasteiger partial charge in [0.05, 0.1) is 50.7 Å². The van der Waals surface area contributed by atoms with Gasteiger partial charge in [-0.2, -0.15) is 0 Å². The van der Waals surface area contributed by atoms with E-state index < -0.39 is 148 Å². The third kappa shape index (κ3) is 28.1. The second kappa shape index (κ2) is 45.1. The number of hydrogen-bond acceptors (Lipinski definition) is 20. The molecule has 3 rings (SSSR count). The maximum atomic E-state index is 13.4. The van der Waals surface area contributed by atoms with Crippen LogP contribution in [0.25, 0.3) is 0 Å².